The summed E-state index contributed by atoms with van der Waals surface area (Å²) < 4.78 is 25.0. The molecule has 0 saturated heterocycles. The average Bonchev–Trinajstić information content (AvgIpc) is 3.03. The van der Waals surface area contributed by atoms with E-state index in [2.05, 4.69) is 0 Å². The van der Waals surface area contributed by atoms with Gasteiger partial charge in [0.25, 0.3) is 0 Å². The molecule has 4 N–H and O–H groups in total. The van der Waals surface area contributed by atoms with Gasteiger partial charge in [-0.15, -0.1) is 11.3 Å². The zero-order valence-corrected chi connectivity index (χ0v) is 17.0. The van der Waals surface area contributed by atoms with E-state index >= 15 is 0 Å². The molecule has 0 aliphatic carbocycles. The molecule has 0 bridgehead atoms. The highest BCUT2D eigenvalue weighted by molar-refractivity contribution is 7.88. The van der Waals surface area contributed by atoms with Gasteiger partial charge in [-0.25, -0.2) is 0 Å². The Morgan fingerprint density at radius 3 is 1.62 bits per heavy atom. The molecule has 2 aromatic carbocycles. The van der Waals surface area contributed by atoms with Crippen LogP contribution >= 0.6 is 11.3 Å². The summed E-state index contributed by atoms with van der Waals surface area (Å²) >= 11 is 1.51. The van der Waals surface area contributed by atoms with Crippen LogP contribution in [0.2, 0.25) is 0 Å². The molecule has 0 amide bonds. The molecule has 26 heavy (non-hydrogen) atoms. The maximum absolute atomic E-state index is 12.5. The van der Waals surface area contributed by atoms with Crippen LogP contribution in [0.3, 0.4) is 0 Å². The number of rotatable bonds is 5. The largest absolute Gasteiger partial charge is 0.399 e. The van der Waals surface area contributed by atoms with Gasteiger partial charge in [0.2, 0.25) is 0 Å². The van der Waals surface area contributed by atoms with Gasteiger partial charge in [-0.3, -0.25) is 8.42 Å². The van der Waals surface area contributed by atoms with E-state index in [-0.39, 0.29) is 0 Å². The Hall–Kier alpha value is -1.80. The van der Waals surface area contributed by atoms with Crippen molar-refractivity contribution in [2.75, 3.05) is 18.2 Å². The molecule has 7 heteroatoms. The number of hydrogen-bond donors (Lipinski definition) is 2. The molecule has 0 spiro atoms. The van der Waals surface area contributed by atoms with Crippen molar-refractivity contribution < 1.29 is 8.42 Å². The number of hydrogen-bond acceptors (Lipinski definition) is 5. The van der Waals surface area contributed by atoms with Crippen LogP contribution in [0.25, 0.3) is 20.9 Å². The van der Waals surface area contributed by atoms with E-state index in [1.165, 1.54) is 11.3 Å². The Morgan fingerprint density at radius 2 is 1.23 bits per heavy atom. The van der Waals surface area contributed by atoms with Gasteiger partial charge in [-0.2, -0.15) is 0 Å². The molecule has 2 unspecified atom stereocenters. The highest BCUT2D eigenvalue weighted by Gasteiger charge is 2.25. The van der Waals surface area contributed by atoms with Crippen LogP contribution in [0, 0.1) is 0 Å². The number of anilines is 1. The SMILES string of the molecule is CS(=O)c1c(-c2ccc(N)cc2)sc(-c2ccc(CN)cc2)c1S(C)=O. The van der Waals surface area contributed by atoms with Crippen LogP contribution < -0.4 is 11.5 Å². The molecular formula is C19H20N2O2S3. The minimum absolute atomic E-state index is 0.470. The molecule has 4 nitrogen and oxygen atoms in total. The number of thiophene rings is 1. The lowest BCUT2D eigenvalue weighted by molar-refractivity contribution is 0.679. The first-order chi connectivity index (χ1) is 12.4. The predicted octanol–water partition coefficient (Wildman–Crippen LogP) is 3.60. The van der Waals surface area contributed by atoms with Crippen LogP contribution in [0.4, 0.5) is 5.69 Å². The van der Waals surface area contributed by atoms with Gasteiger partial charge in [0, 0.05) is 24.7 Å². The molecule has 3 rings (SSSR count). The second-order valence-corrected chi connectivity index (χ2v) is 9.50. The van der Waals surface area contributed by atoms with E-state index in [9.17, 15) is 8.42 Å². The van der Waals surface area contributed by atoms with Crippen LogP contribution in [0.15, 0.2) is 58.3 Å². The maximum atomic E-state index is 12.5. The van der Waals surface area contributed by atoms with Crippen molar-refractivity contribution in [1.82, 2.24) is 0 Å². The Labute approximate surface area is 162 Å². The lowest BCUT2D eigenvalue weighted by Gasteiger charge is -2.05. The molecule has 0 aliphatic heterocycles. The second-order valence-electron chi connectivity index (χ2n) is 5.85. The lowest BCUT2D eigenvalue weighted by atomic mass is 10.1. The molecule has 1 aromatic heterocycles. The first-order valence-corrected chi connectivity index (χ1v) is 11.8. The predicted molar refractivity (Wildman–Crippen MR) is 112 cm³/mol. The molecule has 3 aromatic rings. The van der Waals surface area contributed by atoms with E-state index in [0.29, 0.717) is 22.0 Å². The van der Waals surface area contributed by atoms with Crippen molar-refractivity contribution >= 4 is 38.6 Å². The number of nitrogen functional groups attached to an aromatic ring is 1. The molecular weight excluding hydrogens is 384 g/mol. The third-order valence-corrected chi connectivity index (χ3v) is 7.66. The van der Waals surface area contributed by atoms with Crippen molar-refractivity contribution in [3.05, 3.63) is 54.1 Å². The highest BCUT2D eigenvalue weighted by atomic mass is 32.2. The van der Waals surface area contributed by atoms with Crippen molar-refractivity contribution in [3.8, 4) is 20.9 Å². The quantitative estimate of drug-likeness (QED) is 0.636. The highest BCUT2D eigenvalue weighted by Crippen LogP contribution is 2.45. The van der Waals surface area contributed by atoms with Crippen LogP contribution in [0.1, 0.15) is 5.56 Å². The van der Waals surface area contributed by atoms with Crippen molar-refractivity contribution in [2.45, 2.75) is 16.3 Å². The summed E-state index contributed by atoms with van der Waals surface area (Å²) in [6.45, 7) is 0.470. The van der Waals surface area contributed by atoms with Crippen LogP contribution in [-0.2, 0) is 28.1 Å². The molecule has 0 saturated carbocycles. The third kappa shape index (κ3) is 3.66. The number of benzene rings is 2. The maximum Gasteiger partial charge on any atom is 0.0739 e. The van der Waals surface area contributed by atoms with Gasteiger partial charge in [0.05, 0.1) is 41.1 Å². The van der Waals surface area contributed by atoms with E-state index in [1.807, 2.05) is 48.5 Å². The zero-order chi connectivity index (χ0) is 18.8. The molecule has 0 aliphatic rings. The summed E-state index contributed by atoms with van der Waals surface area (Å²) in [4.78, 5) is 3.03. The number of nitrogens with two attached hydrogens (primary N) is 2. The Kier molecular flexibility index (Phi) is 5.72. The fraction of sp³-hybridized carbons (Fsp3) is 0.158. The summed E-state index contributed by atoms with van der Waals surface area (Å²) in [5.74, 6) is 0. The monoisotopic (exact) mass is 404 g/mol. The summed E-state index contributed by atoms with van der Waals surface area (Å²) in [6, 6.07) is 15.3. The smallest absolute Gasteiger partial charge is 0.0739 e. The first kappa shape index (κ1) is 19.0. The van der Waals surface area contributed by atoms with Crippen LogP contribution in [0.5, 0.6) is 0 Å². The molecule has 0 fully saturated rings. The van der Waals surface area contributed by atoms with Crippen LogP contribution in [-0.4, -0.2) is 20.9 Å². The molecule has 1 heterocycles. The molecule has 136 valence electrons. The first-order valence-electron chi connectivity index (χ1n) is 7.91. The van der Waals surface area contributed by atoms with Gasteiger partial charge in [0.15, 0.2) is 0 Å². The summed E-state index contributed by atoms with van der Waals surface area (Å²) in [5.41, 5.74) is 15.0. The van der Waals surface area contributed by atoms with Crippen molar-refractivity contribution in [3.63, 3.8) is 0 Å². The van der Waals surface area contributed by atoms with E-state index in [1.54, 1.807) is 12.5 Å². The third-order valence-electron chi connectivity index (χ3n) is 4.02. The summed E-state index contributed by atoms with van der Waals surface area (Å²) in [7, 11) is -2.54. The van der Waals surface area contributed by atoms with E-state index in [0.717, 1.165) is 26.4 Å². The minimum atomic E-state index is -1.27. The Bertz CT molecular complexity index is 977. The standard InChI is InChI=1S/C19H20N2O2S3/c1-25(22)18-16(13-5-3-12(11-20)4-6-13)24-17(19(18)26(2)23)14-7-9-15(21)10-8-14/h3-10H,11,20-21H2,1-2H3. The van der Waals surface area contributed by atoms with Gasteiger partial charge in [-0.1, -0.05) is 36.4 Å². The minimum Gasteiger partial charge on any atom is -0.399 e. The molecule has 2 atom stereocenters. The van der Waals surface area contributed by atoms with Gasteiger partial charge in [0.1, 0.15) is 0 Å². The lowest BCUT2D eigenvalue weighted by Crippen LogP contribution is -1.98. The van der Waals surface area contributed by atoms with Crippen molar-refractivity contribution in [1.29, 1.82) is 0 Å². The summed E-state index contributed by atoms with van der Waals surface area (Å²) in [6.07, 6.45) is 3.25. The fourth-order valence-electron chi connectivity index (χ4n) is 2.73. The average molecular weight is 405 g/mol. The topological polar surface area (TPSA) is 86.2 Å². The fourth-order valence-corrected chi connectivity index (χ4v) is 7.10. The van der Waals surface area contributed by atoms with E-state index in [4.69, 9.17) is 11.5 Å². The Balaban J connectivity index is 2.27. The van der Waals surface area contributed by atoms with Gasteiger partial charge in [-0.05, 0) is 28.8 Å². The zero-order valence-electron chi connectivity index (χ0n) is 14.5. The normalized spacial score (nSPS) is 13.5. The van der Waals surface area contributed by atoms with E-state index < -0.39 is 21.6 Å². The molecule has 0 radical (unpaired) electrons. The van der Waals surface area contributed by atoms with Gasteiger partial charge >= 0.3 is 0 Å². The second kappa shape index (κ2) is 7.84. The van der Waals surface area contributed by atoms with Crippen molar-refractivity contribution in [2.24, 2.45) is 5.73 Å². The van der Waals surface area contributed by atoms with Gasteiger partial charge < -0.3 is 11.5 Å². The Morgan fingerprint density at radius 1 is 0.808 bits per heavy atom. The summed E-state index contributed by atoms with van der Waals surface area (Å²) in [5, 5.41) is 0.